The largest absolute Gasteiger partial charge is 0.388 e. The summed E-state index contributed by atoms with van der Waals surface area (Å²) in [5.41, 5.74) is 8.16. The van der Waals surface area contributed by atoms with E-state index in [-0.39, 0.29) is 12.5 Å². The fourth-order valence-corrected chi connectivity index (χ4v) is 5.38. The average Bonchev–Trinajstić information content (AvgIpc) is 3.53. The smallest absolute Gasteiger partial charge is 0.251 e. The van der Waals surface area contributed by atoms with Crippen molar-refractivity contribution in [3.05, 3.63) is 65.2 Å². The van der Waals surface area contributed by atoms with Gasteiger partial charge in [0.15, 0.2) is 5.78 Å². The standard InChI is InChI=1S/C29H33N3O4/c30-17-26(27(34)18-33)32-29(36)22-8-3-19(4-9-22)1-2-20-6-12-25(13-7-20)31-28(35)14-11-24-16-21-5-10-23(24)15-21/h3-4,6-9,12-13,21,23-24,26,33H,5,10-11,14-18,30H2,(H,31,35)(H,32,36)/t21-,23+,24?,26+/m1/s1. The maximum absolute atomic E-state index is 12.4. The van der Waals surface area contributed by atoms with Gasteiger partial charge in [-0.2, -0.15) is 0 Å². The van der Waals surface area contributed by atoms with E-state index in [2.05, 4.69) is 22.5 Å². The minimum atomic E-state index is -0.919. The van der Waals surface area contributed by atoms with Crippen molar-refractivity contribution in [1.29, 1.82) is 0 Å². The van der Waals surface area contributed by atoms with Crippen molar-refractivity contribution in [2.45, 2.75) is 44.6 Å². The van der Waals surface area contributed by atoms with E-state index in [0.717, 1.165) is 41.0 Å². The fourth-order valence-electron chi connectivity index (χ4n) is 5.38. The molecule has 36 heavy (non-hydrogen) atoms. The van der Waals surface area contributed by atoms with Crippen molar-refractivity contribution in [3.63, 3.8) is 0 Å². The first kappa shape index (κ1) is 25.6. The molecule has 1 unspecified atom stereocenters. The molecule has 7 nitrogen and oxygen atoms in total. The number of Topliss-reactive ketones (excluding diaryl/α,β-unsaturated/α-hetero) is 1. The highest BCUT2D eigenvalue weighted by Crippen LogP contribution is 2.49. The van der Waals surface area contributed by atoms with E-state index in [1.54, 1.807) is 24.3 Å². The second kappa shape index (κ2) is 12.0. The van der Waals surface area contributed by atoms with E-state index >= 15 is 0 Å². The summed E-state index contributed by atoms with van der Waals surface area (Å²) in [5.74, 6) is 7.71. The molecule has 2 aromatic rings. The van der Waals surface area contributed by atoms with Crippen molar-refractivity contribution in [2.75, 3.05) is 18.5 Å². The van der Waals surface area contributed by atoms with Crippen LogP contribution in [0.5, 0.6) is 0 Å². The first-order valence-corrected chi connectivity index (χ1v) is 12.6. The molecule has 2 aromatic carbocycles. The highest BCUT2D eigenvalue weighted by atomic mass is 16.3. The van der Waals surface area contributed by atoms with Gasteiger partial charge < -0.3 is 21.5 Å². The zero-order valence-corrected chi connectivity index (χ0v) is 20.3. The first-order valence-electron chi connectivity index (χ1n) is 12.6. The molecular weight excluding hydrogens is 454 g/mol. The summed E-state index contributed by atoms with van der Waals surface area (Å²) in [4.78, 5) is 36.2. The third-order valence-electron chi connectivity index (χ3n) is 7.38. The predicted molar refractivity (Wildman–Crippen MR) is 138 cm³/mol. The maximum Gasteiger partial charge on any atom is 0.251 e. The van der Waals surface area contributed by atoms with Gasteiger partial charge in [-0.3, -0.25) is 14.4 Å². The Morgan fingerprint density at radius 3 is 2.19 bits per heavy atom. The van der Waals surface area contributed by atoms with Crippen molar-refractivity contribution >= 4 is 23.3 Å². The third-order valence-corrected chi connectivity index (χ3v) is 7.38. The lowest BCUT2D eigenvalue weighted by molar-refractivity contribution is -0.123. The minimum Gasteiger partial charge on any atom is -0.388 e. The van der Waals surface area contributed by atoms with Crippen LogP contribution in [0.25, 0.3) is 0 Å². The Hall–Kier alpha value is -3.47. The second-order valence-electron chi connectivity index (χ2n) is 9.81. The molecule has 0 radical (unpaired) electrons. The first-order chi connectivity index (χ1) is 17.4. The fraction of sp³-hybridized carbons (Fsp3) is 0.414. The Bertz CT molecular complexity index is 1150. The van der Waals surface area contributed by atoms with E-state index in [0.29, 0.717) is 12.0 Å². The molecule has 0 spiro atoms. The number of aliphatic hydroxyl groups excluding tert-OH is 1. The molecule has 2 fully saturated rings. The van der Waals surface area contributed by atoms with Crippen molar-refractivity contribution < 1.29 is 19.5 Å². The molecule has 2 aliphatic rings. The Morgan fingerprint density at radius 1 is 0.972 bits per heavy atom. The molecule has 0 aliphatic heterocycles. The van der Waals surface area contributed by atoms with E-state index in [1.165, 1.54) is 25.7 Å². The van der Waals surface area contributed by atoms with Gasteiger partial charge in [0, 0.05) is 35.3 Å². The van der Waals surface area contributed by atoms with Gasteiger partial charge in [0.1, 0.15) is 12.6 Å². The lowest BCUT2D eigenvalue weighted by Crippen LogP contribution is -2.46. The van der Waals surface area contributed by atoms with Crippen LogP contribution in [0, 0.1) is 29.6 Å². The van der Waals surface area contributed by atoms with E-state index in [9.17, 15) is 14.4 Å². The lowest BCUT2D eigenvalue weighted by atomic mass is 9.85. The lowest BCUT2D eigenvalue weighted by Gasteiger charge is -2.21. The molecule has 2 bridgehead atoms. The minimum absolute atomic E-state index is 0.0687. The van der Waals surface area contributed by atoms with Gasteiger partial charge in [0.05, 0.1) is 0 Å². The van der Waals surface area contributed by atoms with E-state index in [1.807, 2.05) is 24.3 Å². The SMILES string of the molecule is NC[C@H](NC(=O)c1ccc(C#Cc2ccc(NC(=O)CCC3C[C@@H]4CC[C@H]3C4)cc2)cc1)C(=O)CO. The van der Waals surface area contributed by atoms with Gasteiger partial charge in [-0.1, -0.05) is 18.3 Å². The molecule has 0 heterocycles. The Balaban J connectivity index is 1.26. The molecule has 0 saturated heterocycles. The van der Waals surface area contributed by atoms with Crippen LogP contribution >= 0.6 is 0 Å². The number of anilines is 1. The number of nitrogens with one attached hydrogen (secondary N) is 2. The number of hydrogen-bond donors (Lipinski definition) is 4. The molecule has 2 saturated carbocycles. The number of carbonyl (C=O) groups is 3. The second-order valence-corrected chi connectivity index (χ2v) is 9.81. The van der Waals surface area contributed by atoms with E-state index in [4.69, 9.17) is 10.8 Å². The number of amides is 2. The molecular formula is C29H33N3O4. The zero-order valence-electron chi connectivity index (χ0n) is 20.3. The van der Waals surface area contributed by atoms with Crippen LogP contribution in [0.1, 0.15) is 60.0 Å². The zero-order chi connectivity index (χ0) is 25.5. The van der Waals surface area contributed by atoms with Crippen molar-refractivity contribution in [1.82, 2.24) is 5.32 Å². The van der Waals surface area contributed by atoms with Gasteiger partial charge in [-0.05, 0) is 92.0 Å². The number of hydrogen-bond acceptors (Lipinski definition) is 5. The summed E-state index contributed by atoms with van der Waals surface area (Å²) in [5, 5.41) is 14.5. The Morgan fingerprint density at radius 2 is 1.64 bits per heavy atom. The van der Waals surface area contributed by atoms with Crippen LogP contribution in [-0.4, -0.2) is 41.9 Å². The molecule has 0 aromatic heterocycles. The number of ketones is 1. The monoisotopic (exact) mass is 487 g/mol. The number of rotatable bonds is 9. The Kier molecular flexibility index (Phi) is 8.52. The topological polar surface area (TPSA) is 122 Å². The normalized spacial score (nSPS) is 20.8. The Labute approximate surface area is 211 Å². The highest BCUT2D eigenvalue weighted by Gasteiger charge is 2.39. The number of benzene rings is 2. The predicted octanol–water partition coefficient (Wildman–Crippen LogP) is 2.86. The molecule has 4 atom stereocenters. The molecule has 5 N–H and O–H groups in total. The number of fused-ring (bicyclic) bond motifs is 2. The van der Waals surface area contributed by atoms with Crippen LogP contribution in [0.4, 0.5) is 5.69 Å². The quantitative estimate of drug-likeness (QED) is 0.405. The molecule has 4 rings (SSSR count). The van der Waals surface area contributed by atoms with Crippen molar-refractivity contribution in [2.24, 2.45) is 23.5 Å². The third kappa shape index (κ3) is 6.60. The summed E-state index contributed by atoms with van der Waals surface area (Å²) in [6, 6.07) is 13.2. The number of carbonyl (C=O) groups excluding carboxylic acids is 3. The summed E-state index contributed by atoms with van der Waals surface area (Å²) in [6.45, 7) is -0.760. The molecule has 2 aliphatic carbocycles. The van der Waals surface area contributed by atoms with Gasteiger partial charge in [-0.15, -0.1) is 0 Å². The molecule has 188 valence electrons. The number of aliphatic hydroxyl groups is 1. The summed E-state index contributed by atoms with van der Waals surface area (Å²) in [7, 11) is 0. The van der Waals surface area contributed by atoms with Crippen LogP contribution in [0.2, 0.25) is 0 Å². The summed E-state index contributed by atoms with van der Waals surface area (Å²) >= 11 is 0. The number of nitrogens with two attached hydrogens (primary N) is 1. The van der Waals surface area contributed by atoms with E-state index < -0.39 is 24.3 Å². The van der Waals surface area contributed by atoms with Gasteiger partial charge in [-0.25, -0.2) is 0 Å². The summed E-state index contributed by atoms with van der Waals surface area (Å²) in [6.07, 6.45) is 6.98. The highest BCUT2D eigenvalue weighted by molar-refractivity contribution is 5.98. The van der Waals surface area contributed by atoms with Crippen molar-refractivity contribution in [3.8, 4) is 11.8 Å². The van der Waals surface area contributed by atoms with Gasteiger partial charge >= 0.3 is 0 Å². The van der Waals surface area contributed by atoms with Gasteiger partial charge in [0.25, 0.3) is 5.91 Å². The van der Waals surface area contributed by atoms with Crippen LogP contribution in [0.15, 0.2) is 48.5 Å². The van der Waals surface area contributed by atoms with Crippen LogP contribution in [0.3, 0.4) is 0 Å². The maximum atomic E-state index is 12.4. The van der Waals surface area contributed by atoms with Crippen LogP contribution in [-0.2, 0) is 9.59 Å². The average molecular weight is 488 g/mol. The van der Waals surface area contributed by atoms with Gasteiger partial charge in [0.2, 0.25) is 5.91 Å². The molecule has 2 amide bonds. The molecule has 7 heteroatoms. The van der Waals surface area contributed by atoms with Crippen LogP contribution < -0.4 is 16.4 Å². The summed E-state index contributed by atoms with van der Waals surface area (Å²) < 4.78 is 0.